The smallest absolute Gasteiger partial charge is 0.0453 e. The molecule has 0 bridgehead atoms. The summed E-state index contributed by atoms with van der Waals surface area (Å²) in [6, 6.07) is 8.39. The molecule has 1 rings (SSSR count). The molecule has 1 atom stereocenters. The van der Waals surface area contributed by atoms with Crippen molar-refractivity contribution in [1.29, 1.82) is 0 Å². The van der Waals surface area contributed by atoms with Gasteiger partial charge in [-0.1, -0.05) is 56.0 Å². The standard InChI is InChI=1S/C14H22ClN/c1-3-4-5-8-11-16-12(2)13-9-6-7-10-14(13)15/h6-7,9-10,12,16H,3-5,8,11H2,1-2H3. The van der Waals surface area contributed by atoms with Crippen molar-refractivity contribution in [3.8, 4) is 0 Å². The molecule has 0 amide bonds. The molecular formula is C14H22ClN. The van der Waals surface area contributed by atoms with Crippen molar-refractivity contribution >= 4 is 11.6 Å². The monoisotopic (exact) mass is 239 g/mol. The van der Waals surface area contributed by atoms with Crippen LogP contribution in [0.3, 0.4) is 0 Å². The Labute approximate surface area is 104 Å². The van der Waals surface area contributed by atoms with Gasteiger partial charge in [0.25, 0.3) is 0 Å². The normalized spacial score (nSPS) is 12.7. The summed E-state index contributed by atoms with van der Waals surface area (Å²) in [6.45, 7) is 5.48. The van der Waals surface area contributed by atoms with Gasteiger partial charge in [-0.2, -0.15) is 0 Å². The molecule has 1 N–H and O–H groups in total. The zero-order chi connectivity index (χ0) is 11.8. The van der Waals surface area contributed by atoms with Crippen molar-refractivity contribution < 1.29 is 0 Å². The molecule has 0 heterocycles. The van der Waals surface area contributed by atoms with E-state index >= 15 is 0 Å². The average Bonchev–Trinajstić information content (AvgIpc) is 2.29. The molecule has 0 aliphatic carbocycles. The Bertz CT molecular complexity index is 299. The maximum absolute atomic E-state index is 6.14. The average molecular weight is 240 g/mol. The lowest BCUT2D eigenvalue weighted by Crippen LogP contribution is -2.20. The molecule has 0 aliphatic rings. The molecule has 16 heavy (non-hydrogen) atoms. The van der Waals surface area contributed by atoms with E-state index in [-0.39, 0.29) is 0 Å². The highest BCUT2D eigenvalue weighted by atomic mass is 35.5. The van der Waals surface area contributed by atoms with Crippen molar-refractivity contribution in [2.24, 2.45) is 0 Å². The molecule has 0 radical (unpaired) electrons. The zero-order valence-corrected chi connectivity index (χ0v) is 11.1. The SMILES string of the molecule is CCCCCCNC(C)c1ccccc1Cl. The summed E-state index contributed by atoms with van der Waals surface area (Å²) in [4.78, 5) is 0. The number of nitrogens with one attached hydrogen (secondary N) is 1. The Morgan fingerprint density at radius 2 is 1.94 bits per heavy atom. The number of hydrogen-bond acceptors (Lipinski definition) is 1. The van der Waals surface area contributed by atoms with Crippen LogP contribution >= 0.6 is 11.6 Å². The van der Waals surface area contributed by atoms with Crippen molar-refractivity contribution in [3.63, 3.8) is 0 Å². The minimum atomic E-state index is 0.343. The third-order valence-corrected chi connectivity index (χ3v) is 3.20. The first-order valence-corrected chi connectivity index (χ1v) is 6.61. The molecule has 1 unspecified atom stereocenters. The van der Waals surface area contributed by atoms with Gasteiger partial charge in [0.1, 0.15) is 0 Å². The molecule has 0 spiro atoms. The van der Waals surface area contributed by atoms with Crippen LogP contribution < -0.4 is 5.32 Å². The first kappa shape index (κ1) is 13.5. The number of hydrogen-bond donors (Lipinski definition) is 1. The van der Waals surface area contributed by atoms with Crippen LogP contribution in [-0.4, -0.2) is 6.54 Å². The van der Waals surface area contributed by atoms with E-state index in [2.05, 4.69) is 25.2 Å². The largest absolute Gasteiger partial charge is 0.310 e. The van der Waals surface area contributed by atoms with Gasteiger partial charge in [0.2, 0.25) is 0 Å². The molecule has 0 aliphatic heterocycles. The second-order valence-corrected chi connectivity index (χ2v) is 4.67. The van der Waals surface area contributed by atoms with Crippen LogP contribution in [0, 0.1) is 0 Å². The highest BCUT2D eigenvalue weighted by molar-refractivity contribution is 6.31. The highest BCUT2D eigenvalue weighted by Crippen LogP contribution is 2.21. The molecule has 0 saturated heterocycles. The summed E-state index contributed by atoms with van der Waals surface area (Å²) < 4.78 is 0. The maximum atomic E-state index is 6.14. The lowest BCUT2D eigenvalue weighted by molar-refractivity contribution is 0.537. The van der Waals surface area contributed by atoms with E-state index in [1.807, 2.05) is 18.2 Å². The fraction of sp³-hybridized carbons (Fsp3) is 0.571. The first-order valence-electron chi connectivity index (χ1n) is 6.23. The van der Waals surface area contributed by atoms with E-state index in [0.29, 0.717) is 6.04 Å². The molecule has 0 aromatic heterocycles. The van der Waals surface area contributed by atoms with Gasteiger partial charge in [-0.15, -0.1) is 0 Å². The van der Waals surface area contributed by atoms with E-state index < -0.39 is 0 Å². The Morgan fingerprint density at radius 3 is 2.62 bits per heavy atom. The van der Waals surface area contributed by atoms with Gasteiger partial charge in [0.05, 0.1) is 0 Å². The molecule has 0 saturated carbocycles. The Hall–Kier alpha value is -0.530. The molecule has 1 nitrogen and oxygen atoms in total. The van der Waals surface area contributed by atoms with Crippen molar-refractivity contribution in [2.45, 2.75) is 45.6 Å². The summed E-state index contributed by atoms with van der Waals surface area (Å²) in [5.74, 6) is 0. The third-order valence-electron chi connectivity index (χ3n) is 2.85. The molecule has 1 aromatic carbocycles. The number of unbranched alkanes of at least 4 members (excludes halogenated alkanes) is 3. The van der Waals surface area contributed by atoms with Crippen LogP contribution in [0.25, 0.3) is 0 Å². The van der Waals surface area contributed by atoms with Gasteiger partial charge in [-0.05, 0) is 31.5 Å². The third kappa shape index (κ3) is 4.54. The van der Waals surface area contributed by atoms with E-state index in [9.17, 15) is 0 Å². The van der Waals surface area contributed by atoms with Gasteiger partial charge in [-0.25, -0.2) is 0 Å². The van der Waals surface area contributed by atoms with Gasteiger partial charge >= 0.3 is 0 Å². The van der Waals surface area contributed by atoms with Gasteiger partial charge < -0.3 is 5.32 Å². The minimum Gasteiger partial charge on any atom is -0.310 e. The van der Waals surface area contributed by atoms with Crippen LogP contribution in [0.2, 0.25) is 5.02 Å². The van der Waals surface area contributed by atoms with E-state index in [4.69, 9.17) is 11.6 Å². The van der Waals surface area contributed by atoms with Crippen LogP contribution in [-0.2, 0) is 0 Å². The van der Waals surface area contributed by atoms with Crippen molar-refractivity contribution in [2.75, 3.05) is 6.54 Å². The van der Waals surface area contributed by atoms with Crippen LogP contribution in [0.5, 0.6) is 0 Å². The quantitative estimate of drug-likeness (QED) is 0.688. The summed E-state index contributed by atoms with van der Waals surface area (Å²) in [7, 11) is 0. The molecule has 90 valence electrons. The summed E-state index contributed by atoms with van der Waals surface area (Å²) >= 11 is 6.14. The summed E-state index contributed by atoms with van der Waals surface area (Å²) in [6.07, 6.45) is 5.20. The van der Waals surface area contributed by atoms with Crippen molar-refractivity contribution in [3.05, 3.63) is 34.9 Å². The lowest BCUT2D eigenvalue weighted by Gasteiger charge is -2.15. The maximum Gasteiger partial charge on any atom is 0.0453 e. The fourth-order valence-electron chi connectivity index (χ4n) is 1.81. The van der Waals surface area contributed by atoms with Crippen LogP contribution in [0.1, 0.15) is 51.1 Å². The van der Waals surface area contributed by atoms with E-state index in [0.717, 1.165) is 11.6 Å². The van der Waals surface area contributed by atoms with E-state index in [1.165, 1.54) is 31.2 Å². The second-order valence-electron chi connectivity index (χ2n) is 4.26. The highest BCUT2D eigenvalue weighted by Gasteiger charge is 2.07. The van der Waals surface area contributed by atoms with Gasteiger partial charge in [-0.3, -0.25) is 0 Å². The molecule has 1 aromatic rings. The molecular weight excluding hydrogens is 218 g/mol. The van der Waals surface area contributed by atoms with Crippen molar-refractivity contribution in [1.82, 2.24) is 5.32 Å². The predicted octanol–water partition coefficient (Wildman–Crippen LogP) is 4.57. The number of rotatable bonds is 7. The predicted molar refractivity (Wildman–Crippen MR) is 72.0 cm³/mol. The fourth-order valence-corrected chi connectivity index (χ4v) is 2.11. The zero-order valence-electron chi connectivity index (χ0n) is 10.3. The Balaban J connectivity index is 2.30. The van der Waals surface area contributed by atoms with E-state index in [1.54, 1.807) is 0 Å². The molecule has 0 fully saturated rings. The van der Waals surface area contributed by atoms with Gasteiger partial charge in [0.15, 0.2) is 0 Å². The lowest BCUT2D eigenvalue weighted by atomic mass is 10.1. The van der Waals surface area contributed by atoms with Gasteiger partial charge in [0, 0.05) is 11.1 Å². The summed E-state index contributed by atoms with van der Waals surface area (Å²) in [5.41, 5.74) is 1.19. The molecule has 2 heteroatoms. The summed E-state index contributed by atoms with van der Waals surface area (Å²) in [5, 5.41) is 4.37. The number of benzene rings is 1. The minimum absolute atomic E-state index is 0.343. The Morgan fingerprint density at radius 1 is 1.19 bits per heavy atom. The number of halogens is 1. The Kier molecular flexibility index (Phi) is 6.51. The topological polar surface area (TPSA) is 12.0 Å². The van der Waals surface area contributed by atoms with Crippen LogP contribution in [0.4, 0.5) is 0 Å². The second kappa shape index (κ2) is 7.70. The van der Waals surface area contributed by atoms with Crippen LogP contribution in [0.15, 0.2) is 24.3 Å². The first-order chi connectivity index (χ1) is 7.75.